The standard InChI is InChI=1S/C10H17N3/c1-6(11)8-4-5-9-10(8)7(2)13(3)12-9/h6,8H,4-5,11H2,1-3H3. The van der Waals surface area contributed by atoms with Crippen LogP contribution in [0, 0.1) is 6.92 Å². The summed E-state index contributed by atoms with van der Waals surface area (Å²) in [4.78, 5) is 0. The largest absolute Gasteiger partial charge is 0.327 e. The Kier molecular flexibility index (Phi) is 1.91. The summed E-state index contributed by atoms with van der Waals surface area (Å²) in [6, 6.07) is 0.254. The molecule has 0 radical (unpaired) electrons. The highest BCUT2D eigenvalue weighted by Gasteiger charge is 2.30. The van der Waals surface area contributed by atoms with E-state index in [2.05, 4.69) is 18.9 Å². The Labute approximate surface area is 78.9 Å². The average molecular weight is 179 g/mol. The van der Waals surface area contributed by atoms with Crippen LogP contribution in [0.2, 0.25) is 0 Å². The van der Waals surface area contributed by atoms with Gasteiger partial charge in [-0.25, -0.2) is 0 Å². The lowest BCUT2D eigenvalue weighted by atomic mass is 9.95. The minimum atomic E-state index is 0.254. The van der Waals surface area contributed by atoms with Gasteiger partial charge in [0.2, 0.25) is 0 Å². The van der Waals surface area contributed by atoms with Crippen LogP contribution in [0.5, 0.6) is 0 Å². The van der Waals surface area contributed by atoms with Gasteiger partial charge in [-0.15, -0.1) is 0 Å². The van der Waals surface area contributed by atoms with Crippen LogP contribution in [-0.2, 0) is 13.5 Å². The zero-order valence-electron chi connectivity index (χ0n) is 8.54. The third-order valence-electron chi connectivity index (χ3n) is 3.15. The molecule has 0 saturated carbocycles. The van der Waals surface area contributed by atoms with Gasteiger partial charge in [0.25, 0.3) is 0 Å². The number of aromatic nitrogens is 2. The third kappa shape index (κ3) is 1.18. The smallest absolute Gasteiger partial charge is 0.0662 e. The number of hydrogen-bond donors (Lipinski definition) is 1. The van der Waals surface area contributed by atoms with Gasteiger partial charge in [-0.3, -0.25) is 4.68 Å². The predicted molar refractivity (Wildman–Crippen MR) is 52.7 cm³/mol. The summed E-state index contributed by atoms with van der Waals surface area (Å²) in [6.07, 6.45) is 2.28. The van der Waals surface area contributed by atoms with Crippen molar-refractivity contribution in [2.24, 2.45) is 12.8 Å². The van der Waals surface area contributed by atoms with Crippen molar-refractivity contribution in [2.75, 3.05) is 0 Å². The highest BCUT2D eigenvalue weighted by atomic mass is 15.3. The number of hydrogen-bond acceptors (Lipinski definition) is 2. The van der Waals surface area contributed by atoms with Crippen LogP contribution in [0.15, 0.2) is 0 Å². The second-order valence-corrected chi connectivity index (χ2v) is 4.07. The SMILES string of the molecule is Cc1c2c(nn1C)CCC2C(C)N. The quantitative estimate of drug-likeness (QED) is 0.701. The molecule has 1 heterocycles. The molecule has 3 heteroatoms. The first kappa shape index (κ1) is 8.75. The van der Waals surface area contributed by atoms with Crippen LogP contribution < -0.4 is 5.73 Å². The molecule has 0 saturated heterocycles. The van der Waals surface area contributed by atoms with Gasteiger partial charge in [0.15, 0.2) is 0 Å². The van der Waals surface area contributed by atoms with Crippen molar-refractivity contribution >= 4 is 0 Å². The van der Waals surface area contributed by atoms with Gasteiger partial charge in [0.05, 0.1) is 5.69 Å². The van der Waals surface area contributed by atoms with E-state index in [0.717, 1.165) is 6.42 Å². The topological polar surface area (TPSA) is 43.8 Å². The lowest BCUT2D eigenvalue weighted by molar-refractivity contribution is 0.552. The van der Waals surface area contributed by atoms with Crippen molar-refractivity contribution in [3.63, 3.8) is 0 Å². The highest BCUT2D eigenvalue weighted by molar-refractivity contribution is 5.35. The van der Waals surface area contributed by atoms with Crippen LogP contribution in [0.25, 0.3) is 0 Å². The first-order valence-corrected chi connectivity index (χ1v) is 4.89. The van der Waals surface area contributed by atoms with Gasteiger partial charge < -0.3 is 5.73 Å². The van der Waals surface area contributed by atoms with Crippen molar-refractivity contribution in [1.82, 2.24) is 9.78 Å². The molecule has 0 amide bonds. The third-order valence-corrected chi connectivity index (χ3v) is 3.15. The van der Waals surface area contributed by atoms with E-state index in [-0.39, 0.29) is 6.04 Å². The predicted octanol–water partition coefficient (Wildman–Crippen LogP) is 1.11. The Hall–Kier alpha value is -0.830. The summed E-state index contributed by atoms with van der Waals surface area (Å²) in [5.74, 6) is 0.531. The first-order valence-electron chi connectivity index (χ1n) is 4.89. The van der Waals surface area contributed by atoms with Crippen molar-refractivity contribution in [3.05, 3.63) is 17.0 Å². The monoisotopic (exact) mass is 179 g/mol. The molecule has 0 aromatic carbocycles. The van der Waals surface area contributed by atoms with Gasteiger partial charge in [-0.2, -0.15) is 5.10 Å². The highest BCUT2D eigenvalue weighted by Crippen LogP contribution is 2.36. The summed E-state index contributed by atoms with van der Waals surface area (Å²) in [5, 5.41) is 4.48. The molecule has 1 aliphatic carbocycles. The van der Waals surface area contributed by atoms with Crippen molar-refractivity contribution in [2.45, 2.75) is 38.6 Å². The van der Waals surface area contributed by atoms with Crippen LogP contribution in [0.3, 0.4) is 0 Å². The van der Waals surface area contributed by atoms with E-state index >= 15 is 0 Å². The molecule has 2 N–H and O–H groups in total. The second kappa shape index (κ2) is 2.84. The van der Waals surface area contributed by atoms with E-state index in [9.17, 15) is 0 Å². The maximum atomic E-state index is 5.95. The number of rotatable bonds is 1. The Morgan fingerprint density at radius 1 is 1.62 bits per heavy atom. The van der Waals surface area contributed by atoms with Gasteiger partial charge in [0, 0.05) is 30.3 Å². The maximum absolute atomic E-state index is 5.95. The molecule has 2 unspecified atom stereocenters. The molecule has 0 fully saturated rings. The molecular weight excluding hydrogens is 162 g/mol. The van der Waals surface area contributed by atoms with Gasteiger partial charge in [-0.05, 0) is 26.7 Å². The second-order valence-electron chi connectivity index (χ2n) is 4.07. The Morgan fingerprint density at radius 3 is 2.92 bits per heavy atom. The van der Waals surface area contributed by atoms with Gasteiger partial charge in [0.1, 0.15) is 0 Å². The van der Waals surface area contributed by atoms with E-state index in [4.69, 9.17) is 5.73 Å². The van der Waals surface area contributed by atoms with Crippen LogP contribution in [-0.4, -0.2) is 15.8 Å². The minimum absolute atomic E-state index is 0.254. The van der Waals surface area contributed by atoms with Crippen LogP contribution >= 0.6 is 0 Å². The summed E-state index contributed by atoms with van der Waals surface area (Å²) in [6.45, 7) is 4.22. The molecule has 2 rings (SSSR count). The zero-order valence-corrected chi connectivity index (χ0v) is 8.54. The van der Waals surface area contributed by atoms with Crippen molar-refractivity contribution in [1.29, 1.82) is 0 Å². The van der Waals surface area contributed by atoms with E-state index < -0.39 is 0 Å². The van der Waals surface area contributed by atoms with E-state index in [0.29, 0.717) is 5.92 Å². The average Bonchev–Trinajstić information content (AvgIpc) is 2.55. The normalized spacial score (nSPS) is 23.2. The van der Waals surface area contributed by atoms with Crippen LogP contribution in [0.4, 0.5) is 0 Å². The fourth-order valence-corrected chi connectivity index (χ4v) is 2.32. The molecule has 2 atom stereocenters. The molecule has 3 nitrogen and oxygen atoms in total. The first-order chi connectivity index (χ1) is 6.11. The summed E-state index contributed by atoms with van der Waals surface area (Å²) in [5.41, 5.74) is 9.92. The summed E-state index contributed by atoms with van der Waals surface area (Å²) >= 11 is 0. The summed E-state index contributed by atoms with van der Waals surface area (Å²) in [7, 11) is 2.01. The van der Waals surface area contributed by atoms with E-state index in [1.165, 1.54) is 23.4 Å². The zero-order chi connectivity index (χ0) is 9.59. The molecule has 0 spiro atoms. The van der Waals surface area contributed by atoms with E-state index in [1.807, 2.05) is 11.7 Å². The van der Waals surface area contributed by atoms with Gasteiger partial charge in [-0.1, -0.05) is 0 Å². The lowest BCUT2D eigenvalue weighted by Crippen LogP contribution is -2.23. The molecule has 72 valence electrons. The fourth-order valence-electron chi connectivity index (χ4n) is 2.32. The number of fused-ring (bicyclic) bond motifs is 1. The van der Waals surface area contributed by atoms with Gasteiger partial charge >= 0.3 is 0 Å². The van der Waals surface area contributed by atoms with E-state index in [1.54, 1.807) is 0 Å². The molecular formula is C10H17N3. The molecule has 0 aliphatic heterocycles. The molecule has 0 bridgehead atoms. The van der Waals surface area contributed by atoms with Crippen LogP contribution in [0.1, 0.15) is 36.2 Å². The number of nitrogens with two attached hydrogens (primary N) is 1. The Morgan fingerprint density at radius 2 is 2.31 bits per heavy atom. The van der Waals surface area contributed by atoms with Crippen molar-refractivity contribution in [3.8, 4) is 0 Å². The molecule has 1 aromatic rings. The minimum Gasteiger partial charge on any atom is -0.327 e. The summed E-state index contributed by atoms with van der Waals surface area (Å²) < 4.78 is 1.97. The molecule has 1 aliphatic rings. The molecule has 13 heavy (non-hydrogen) atoms. The fraction of sp³-hybridized carbons (Fsp3) is 0.700. The Bertz CT molecular complexity index is 325. The maximum Gasteiger partial charge on any atom is 0.0662 e. The number of nitrogens with zero attached hydrogens (tertiary/aromatic N) is 2. The Balaban J connectivity index is 2.45. The molecule has 1 aromatic heterocycles. The number of aryl methyl sites for hydroxylation is 2. The lowest BCUT2D eigenvalue weighted by Gasteiger charge is -2.15. The van der Waals surface area contributed by atoms with Crippen molar-refractivity contribution < 1.29 is 0 Å².